The van der Waals surface area contributed by atoms with E-state index in [9.17, 15) is 14.4 Å². The van der Waals surface area contributed by atoms with Crippen LogP contribution in [0.15, 0.2) is 6.33 Å². The minimum Gasteiger partial charge on any atom is -0.439 e. The number of piperidine rings is 1. The molecule has 1 aromatic rings. The van der Waals surface area contributed by atoms with Crippen molar-refractivity contribution in [3.8, 4) is 0 Å². The van der Waals surface area contributed by atoms with Crippen molar-refractivity contribution < 1.29 is 19.1 Å². The molecule has 3 rings (SSSR count). The summed E-state index contributed by atoms with van der Waals surface area (Å²) in [5, 5.41) is 10.6. The van der Waals surface area contributed by atoms with E-state index in [1.165, 1.54) is 15.9 Å². The Hall–Kier alpha value is -2.52. The van der Waals surface area contributed by atoms with Crippen LogP contribution in [0.1, 0.15) is 12.8 Å². The van der Waals surface area contributed by atoms with E-state index in [4.69, 9.17) is 4.74 Å². The van der Waals surface area contributed by atoms with Gasteiger partial charge >= 0.3 is 6.09 Å². The van der Waals surface area contributed by atoms with Crippen molar-refractivity contribution in [1.82, 2.24) is 30.0 Å². The van der Waals surface area contributed by atoms with Crippen molar-refractivity contribution in [2.75, 3.05) is 19.7 Å². The highest BCUT2D eigenvalue weighted by molar-refractivity contribution is 5.98. The van der Waals surface area contributed by atoms with Crippen LogP contribution in [0.5, 0.6) is 0 Å². The fraction of sp³-hybridized carbons (Fsp3) is 0.636. The molecule has 10 heteroatoms. The largest absolute Gasteiger partial charge is 0.439 e. The lowest BCUT2D eigenvalue weighted by Crippen LogP contribution is -2.49. The van der Waals surface area contributed by atoms with Gasteiger partial charge in [-0.3, -0.25) is 9.59 Å². The fourth-order valence-corrected chi connectivity index (χ4v) is 2.58. The number of nitrogens with zero attached hydrogens (tertiary/aromatic N) is 6. The number of rotatable bonds is 3. The number of aromatic nitrogens is 4. The molecule has 2 saturated heterocycles. The third kappa shape index (κ3) is 2.69. The highest BCUT2D eigenvalue weighted by Crippen LogP contribution is 2.20. The predicted molar refractivity (Wildman–Crippen MR) is 65.6 cm³/mol. The first-order valence-corrected chi connectivity index (χ1v) is 6.62. The highest BCUT2D eigenvalue weighted by atomic mass is 16.6. The number of cyclic esters (lactones) is 1. The average Bonchev–Trinajstić information content (AvgIpc) is 3.09. The standard InChI is InChI=1S/C11H14N6O4/c18-9(5-16-7-12-13-14-16)15-3-1-8(2-4-15)17-10(19)6-21-11(17)20/h7-8H,1-6H2. The maximum absolute atomic E-state index is 12.1. The number of ether oxygens (including phenoxy) is 1. The van der Waals surface area contributed by atoms with E-state index in [2.05, 4.69) is 15.5 Å². The summed E-state index contributed by atoms with van der Waals surface area (Å²) in [7, 11) is 0. The van der Waals surface area contributed by atoms with E-state index in [-0.39, 0.29) is 31.0 Å². The van der Waals surface area contributed by atoms with E-state index in [1.54, 1.807) is 4.90 Å². The second-order valence-electron chi connectivity index (χ2n) is 4.94. The Balaban J connectivity index is 1.54. The van der Waals surface area contributed by atoms with Gasteiger partial charge in [-0.25, -0.2) is 14.4 Å². The highest BCUT2D eigenvalue weighted by Gasteiger charge is 2.38. The fourth-order valence-electron chi connectivity index (χ4n) is 2.58. The topological polar surface area (TPSA) is 111 Å². The number of carbonyl (C=O) groups is 3. The van der Waals surface area contributed by atoms with Gasteiger partial charge in [0.1, 0.15) is 12.9 Å². The number of amides is 3. The lowest BCUT2D eigenvalue weighted by atomic mass is 10.0. The third-order valence-corrected chi connectivity index (χ3v) is 3.66. The SMILES string of the molecule is O=C(Cn1cnnn1)N1CCC(N2C(=O)COC2=O)CC1. The molecule has 3 amide bonds. The molecular weight excluding hydrogens is 280 g/mol. The summed E-state index contributed by atoms with van der Waals surface area (Å²) in [5.74, 6) is -0.394. The van der Waals surface area contributed by atoms with Crippen LogP contribution in [0.2, 0.25) is 0 Å². The van der Waals surface area contributed by atoms with Gasteiger partial charge in [-0.1, -0.05) is 0 Å². The second-order valence-corrected chi connectivity index (χ2v) is 4.94. The summed E-state index contributed by atoms with van der Waals surface area (Å²) < 4.78 is 6.06. The zero-order chi connectivity index (χ0) is 14.8. The van der Waals surface area contributed by atoms with Gasteiger partial charge in [0, 0.05) is 19.1 Å². The molecule has 0 aliphatic carbocycles. The molecule has 3 heterocycles. The van der Waals surface area contributed by atoms with Gasteiger partial charge in [0.25, 0.3) is 5.91 Å². The minimum atomic E-state index is -0.585. The Morgan fingerprint density at radius 3 is 2.67 bits per heavy atom. The van der Waals surface area contributed by atoms with Crippen molar-refractivity contribution in [1.29, 1.82) is 0 Å². The van der Waals surface area contributed by atoms with Crippen LogP contribution in [0, 0.1) is 0 Å². The average molecular weight is 294 g/mol. The number of hydrogen-bond donors (Lipinski definition) is 0. The summed E-state index contributed by atoms with van der Waals surface area (Å²) in [6, 6.07) is -0.190. The molecule has 0 unspecified atom stereocenters. The molecule has 0 atom stereocenters. The van der Waals surface area contributed by atoms with Gasteiger partial charge < -0.3 is 9.64 Å². The number of hydrogen-bond acceptors (Lipinski definition) is 7. The quantitative estimate of drug-likeness (QED) is 0.677. The molecule has 2 fully saturated rings. The summed E-state index contributed by atoms with van der Waals surface area (Å²) >= 11 is 0. The molecular formula is C11H14N6O4. The van der Waals surface area contributed by atoms with Crippen LogP contribution in [0.25, 0.3) is 0 Å². The Labute approximate surface area is 119 Å². The van der Waals surface area contributed by atoms with Gasteiger partial charge in [0.2, 0.25) is 5.91 Å². The van der Waals surface area contributed by atoms with E-state index < -0.39 is 6.09 Å². The first-order valence-electron chi connectivity index (χ1n) is 6.62. The Kier molecular flexibility index (Phi) is 3.50. The number of imide groups is 1. The van der Waals surface area contributed by atoms with Crippen molar-refractivity contribution in [3.05, 3.63) is 6.33 Å². The number of tetrazole rings is 1. The normalized spacial score (nSPS) is 20.0. The minimum absolute atomic E-state index is 0.0857. The molecule has 2 aliphatic heterocycles. The van der Waals surface area contributed by atoms with Gasteiger partial charge in [-0.2, -0.15) is 0 Å². The molecule has 0 spiro atoms. The van der Waals surface area contributed by atoms with E-state index >= 15 is 0 Å². The first kappa shape index (κ1) is 13.5. The van der Waals surface area contributed by atoms with Gasteiger partial charge in [0.15, 0.2) is 6.61 Å². The van der Waals surface area contributed by atoms with Crippen LogP contribution in [0.4, 0.5) is 4.79 Å². The Morgan fingerprint density at radius 1 is 1.33 bits per heavy atom. The Bertz CT molecular complexity index is 535. The van der Waals surface area contributed by atoms with E-state index in [0.717, 1.165) is 0 Å². The predicted octanol–water partition coefficient (Wildman–Crippen LogP) is -1.36. The van der Waals surface area contributed by atoms with Crippen molar-refractivity contribution in [3.63, 3.8) is 0 Å². The molecule has 1 aromatic heterocycles. The number of carbonyl (C=O) groups excluding carboxylic acids is 3. The monoisotopic (exact) mass is 294 g/mol. The first-order chi connectivity index (χ1) is 10.1. The summed E-state index contributed by atoms with van der Waals surface area (Å²) in [4.78, 5) is 38.0. The summed E-state index contributed by atoms with van der Waals surface area (Å²) in [5.41, 5.74) is 0. The molecule has 10 nitrogen and oxygen atoms in total. The van der Waals surface area contributed by atoms with Gasteiger partial charge in [-0.05, 0) is 23.3 Å². The molecule has 0 saturated carbocycles. The number of likely N-dealkylation sites (tertiary alicyclic amines) is 1. The third-order valence-electron chi connectivity index (χ3n) is 3.66. The van der Waals surface area contributed by atoms with E-state index in [1.807, 2.05) is 0 Å². The molecule has 0 N–H and O–H groups in total. The van der Waals surface area contributed by atoms with Crippen LogP contribution >= 0.6 is 0 Å². The lowest BCUT2D eigenvalue weighted by Gasteiger charge is -2.34. The lowest BCUT2D eigenvalue weighted by molar-refractivity contribution is -0.134. The molecule has 0 bridgehead atoms. The van der Waals surface area contributed by atoms with Crippen molar-refractivity contribution in [2.45, 2.75) is 25.4 Å². The van der Waals surface area contributed by atoms with Crippen LogP contribution < -0.4 is 0 Å². The molecule has 112 valence electrons. The van der Waals surface area contributed by atoms with E-state index in [0.29, 0.717) is 25.9 Å². The van der Waals surface area contributed by atoms with Crippen molar-refractivity contribution in [2.24, 2.45) is 0 Å². The molecule has 0 radical (unpaired) electrons. The van der Waals surface area contributed by atoms with Crippen LogP contribution in [0.3, 0.4) is 0 Å². The maximum atomic E-state index is 12.1. The molecule has 21 heavy (non-hydrogen) atoms. The van der Waals surface area contributed by atoms with Crippen LogP contribution in [-0.4, -0.2) is 73.7 Å². The summed E-state index contributed by atoms with van der Waals surface area (Å²) in [6.45, 7) is 0.880. The zero-order valence-electron chi connectivity index (χ0n) is 11.2. The van der Waals surface area contributed by atoms with Gasteiger partial charge in [-0.15, -0.1) is 5.10 Å². The zero-order valence-corrected chi connectivity index (χ0v) is 11.2. The summed E-state index contributed by atoms with van der Waals surface area (Å²) in [6.07, 6.45) is 1.91. The smallest absolute Gasteiger partial charge is 0.417 e. The second kappa shape index (κ2) is 5.46. The van der Waals surface area contributed by atoms with Gasteiger partial charge in [0.05, 0.1) is 0 Å². The van der Waals surface area contributed by atoms with Crippen LogP contribution in [-0.2, 0) is 20.9 Å². The maximum Gasteiger partial charge on any atom is 0.417 e. The molecule has 2 aliphatic rings. The van der Waals surface area contributed by atoms with Crippen molar-refractivity contribution >= 4 is 17.9 Å². The molecule has 0 aromatic carbocycles. The Morgan fingerprint density at radius 2 is 2.10 bits per heavy atom.